The van der Waals surface area contributed by atoms with E-state index >= 15 is 0 Å². The largest absolute Gasteiger partial charge is 0.454 e. The highest BCUT2D eigenvalue weighted by atomic mass is 32.1. The molecular formula is C25H27N3O3S. The molecule has 2 aliphatic rings. The van der Waals surface area contributed by atoms with Gasteiger partial charge in [0.25, 0.3) is 5.91 Å². The molecule has 166 valence electrons. The van der Waals surface area contributed by atoms with Crippen molar-refractivity contribution >= 4 is 17.2 Å². The molecule has 4 heterocycles. The third-order valence-electron chi connectivity index (χ3n) is 6.28. The zero-order valence-electron chi connectivity index (χ0n) is 18.1. The molecule has 0 radical (unpaired) electrons. The maximum atomic E-state index is 12.9. The molecule has 1 N–H and O–H groups in total. The minimum atomic E-state index is -0.119. The number of benzene rings is 1. The van der Waals surface area contributed by atoms with Crippen LogP contribution in [0.5, 0.6) is 11.5 Å². The number of likely N-dealkylation sites (tertiary alicyclic amines) is 1. The second kappa shape index (κ2) is 9.30. The monoisotopic (exact) mass is 449 g/mol. The Morgan fingerprint density at radius 1 is 1.25 bits per heavy atom. The van der Waals surface area contributed by atoms with E-state index in [4.69, 9.17) is 9.47 Å². The van der Waals surface area contributed by atoms with E-state index in [1.54, 1.807) is 6.20 Å². The van der Waals surface area contributed by atoms with Crippen molar-refractivity contribution in [2.75, 3.05) is 19.9 Å². The number of nitrogens with one attached hydrogen (secondary N) is 1. The van der Waals surface area contributed by atoms with Crippen LogP contribution in [0.3, 0.4) is 0 Å². The molecule has 0 aliphatic carbocycles. The van der Waals surface area contributed by atoms with Gasteiger partial charge in [-0.15, -0.1) is 11.3 Å². The quantitative estimate of drug-likeness (QED) is 0.598. The van der Waals surface area contributed by atoms with Crippen LogP contribution in [0, 0.1) is 12.8 Å². The molecule has 2 atom stereocenters. The molecule has 7 heteroatoms. The molecule has 0 bridgehead atoms. The maximum Gasteiger partial charge on any atom is 0.261 e. The zero-order chi connectivity index (χ0) is 21.9. The van der Waals surface area contributed by atoms with Gasteiger partial charge in [-0.3, -0.25) is 14.7 Å². The van der Waals surface area contributed by atoms with E-state index in [-0.39, 0.29) is 17.9 Å². The predicted molar refractivity (Wildman–Crippen MR) is 124 cm³/mol. The number of thiophene rings is 1. The first-order valence-electron chi connectivity index (χ1n) is 11.0. The summed E-state index contributed by atoms with van der Waals surface area (Å²) < 4.78 is 11.1. The van der Waals surface area contributed by atoms with Gasteiger partial charge >= 0.3 is 0 Å². The lowest BCUT2D eigenvalue weighted by Gasteiger charge is -2.37. The number of carbonyl (C=O) groups is 1. The van der Waals surface area contributed by atoms with Gasteiger partial charge in [-0.25, -0.2) is 0 Å². The fraction of sp³-hybridized carbons (Fsp3) is 0.360. The van der Waals surface area contributed by atoms with Crippen LogP contribution in [0.1, 0.15) is 45.4 Å². The highest BCUT2D eigenvalue weighted by Gasteiger charge is 2.31. The van der Waals surface area contributed by atoms with Crippen LogP contribution in [0.15, 0.2) is 54.0 Å². The van der Waals surface area contributed by atoms with Crippen LogP contribution in [0.4, 0.5) is 0 Å². The summed E-state index contributed by atoms with van der Waals surface area (Å²) in [7, 11) is 0. The summed E-state index contributed by atoms with van der Waals surface area (Å²) in [5, 5.41) is 5.21. The summed E-state index contributed by atoms with van der Waals surface area (Å²) in [6, 6.07) is 13.7. The average Bonchev–Trinajstić information content (AvgIpc) is 3.50. The van der Waals surface area contributed by atoms with E-state index in [1.807, 2.05) is 35.7 Å². The standard InChI is InChI=1S/C25H27N3O3S/c1-17-12-21-22(31-16-30-21)13-19(17)15-28-10-4-6-18(14-28)24(20-7-2-3-9-26-20)27-25(29)23-8-5-11-32-23/h2-3,5,7-9,11-13,18,24H,4,6,10,14-16H2,1H3,(H,27,29)/t18-,24+/m0/s1. The van der Waals surface area contributed by atoms with Crippen LogP contribution in [-0.2, 0) is 6.54 Å². The Morgan fingerprint density at radius 3 is 2.91 bits per heavy atom. The molecule has 32 heavy (non-hydrogen) atoms. The van der Waals surface area contributed by atoms with Crippen molar-refractivity contribution in [3.8, 4) is 11.5 Å². The van der Waals surface area contributed by atoms with Crippen LogP contribution >= 0.6 is 11.3 Å². The summed E-state index contributed by atoms with van der Waals surface area (Å²) in [6.45, 7) is 5.21. The van der Waals surface area contributed by atoms with Crippen molar-refractivity contribution in [3.63, 3.8) is 0 Å². The van der Waals surface area contributed by atoms with E-state index in [9.17, 15) is 4.79 Å². The first-order chi connectivity index (χ1) is 15.7. The number of hydrogen-bond donors (Lipinski definition) is 1. The van der Waals surface area contributed by atoms with Crippen LogP contribution in [0.2, 0.25) is 0 Å². The van der Waals surface area contributed by atoms with Gasteiger partial charge in [-0.1, -0.05) is 12.1 Å². The summed E-state index contributed by atoms with van der Waals surface area (Å²) in [5.41, 5.74) is 3.39. The van der Waals surface area contributed by atoms with E-state index in [2.05, 4.69) is 34.3 Å². The number of amides is 1. The topological polar surface area (TPSA) is 63.7 Å². The first kappa shape index (κ1) is 21.0. The minimum Gasteiger partial charge on any atom is -0.454 e. The van der Waals surface area contributed by atoms with E-state index < -0.39 is 0 Å². The van der Waals surface area contributed by atoms with Gasteiger partial charge < -0.3 is 14.8 Å². The molecule has 2 aliphatic heterocycles. The van der Waals surface area contributed by atoms with Gasteiger partial charge in [-0.05, 0) is 79.1 Å². The number of carbonyl (C=O) groups excluding carboxylic acids is 1. The van der Waals surface area contributed by atoms with Gasteiger partial charge in [0, 0.05) is 19.3 Å². The van der Waals surface area contributed by atoms with Gasteiger partial charge in [0.05, 0.1) is 16.6 Å². The van der Waals surface area contributed by atoms with Gasteiger partial charge in [0.1, 0.15) is 0 Å². The highest BCUT2D eigenvalue weighted by Crippen LogP contribution is 2.36. The van der Waals surface area contributed by atoms with Crippen molar-refractivity contribution < 1.29 is 14.3 Å². The second-order valence-electron chi connectivity index (χ2n) is 8.45. The molecule has 0 spiro atoms. The number of fused-ring (bicyclic) bond motifs is 1. The summed E-state index contributed by atoms with van der Waals surface area (Å²) in [4.78, 5) is 20.7. The second-order valence-corrected chi connectivity index (χ2v) is 9.40. The molecule has 2 aromatic heterocycles. The lowest BCUT2D eigenvalue weighted by atomic mass is 9.88. The van der Waals surface area contributed by atoms with Crippen LogP contribution < -0.4 is 14.8 Å². The normalized spacial score (nSPS) is 19.0. The fourth-order valence-electron chi connectivity index (χ4n) is 4.62. The molecule has 0 unspecified atom stereocenters. The Labute approximate surface area is 192 Å². The van der Waals surface area contributed by atoms with E-state index in [0.29, 0.717) is 6.79 Å². The number of hydrogen-bond acceptors (Lipinski definition) is 6. The summed E-state index contributed by atoms with van der Waals surface area (Å²) >= 11 is 1.46. The molecule has 1 fully saturated rings. The number of rotatable bonds is 6. The Bertz CT molecular complexity index is 1070. The number of nitrogens with zero attached hydrogens (tertiary/aromatic N) is 2. The number of aryl methyl sites for hydroxylation is 1. The van der Waals surface area contributed by atoms with Gasteiger partial charge in [0.2, 0.25) is 6.79 Å². The number of ether oxygens (including phenoxy) is 2. The van der Waals surface area contributed by atoms with E-state index in [1.165, 1.54) is 22.5 Å². The third kappa shape index (κ3) is 4.49. The first-order valence-corrected chi connectivity index (χ1v) is 11.9. The Kier molecular flexibility index (Phi) is 6.10. The Morgan fingerprint density at radius 2 is 2.12 bits per heavy atom. The van der Waals surface area contributed by atoms with E-state index in [0.717, 1.165) is 54.5 Å². The third-order valence-corrected chi connectivity index (χ3v) is 7.15. The molecule has 1 saturated heterocycles. The summed E-state index contributed by atoms with van der Waals surface area (Å²) in [5.74, 6) is 1.92. The Balaban J connectivity index is 1.34. The van der Waals surface area contributed by atoms with Crippen molar-refractivity contribution in [2.45, 2.75) is 32.4 Å². The van der Waals surface area contributed by atoms with Crippen molar-refractivity contribution in [1.29, 1.82) is 0 Å². The summed E-state index contributed by atoms with van der Waals surface area (Å²) in [6.07, 6.45) is 3.95. The highest BCUT2D eigenvalue weighted by molar-refractivity contribution is 7.12. The molecule has 3 aromatic rings. The van der Waals surface area contributed by atoms with Crippen LogP contribution in [0.25, 0.3) is 0 Å². The number of pyridine rings is 1. The molecule has 1 amide bonds. The minimum absolute atomic E-state index is 0.0283. The average molecular weight is 450 g/mol. The van der Waals surface area contributed by atoms with Crippen molar-refractivity contribution in [1.82, 2.24) is 15.2 Å². The molecule has 0 saturated carbocycles. The Hall–Kier alpha value is -2.90. The molecular weight excluding hydrogens is 422 g/mol. The SMILES string of the molecule is Cc1cc2c(cc1CN1CCC[C@H]([C@@H](NC(=O)c3cccs3)c3ccccn3)C1)OCO2. The van der Waals surface area contributed by atoms with Crippen molar-refractivity contribution in [3.05, 3.63) is 75.7 Å². The molecule has 6 nitrogen and oxygen atoms in total. The lowest BCUT2D eigenvalue weighted by molar-refractivity contribution is 0.0879. The number of piperidine rings is 1. The van der Waals surface area contributed by atoms with Crippen molar-refractivity contribution in [2.24, 2.45) is 5.92 Å². The lowest BCUT2D eigenvalue weighted by Crippen LogP contribution is -2.43. The molecule has 1 aromatic carbocycles. The predicted octanol–water partition coefficient (Wildman–Crippen LogP) is 4.56. The zero-order valence-corrected chi connectivity index (χ0v) is 18.9. The smallest absolute Gasteiger partial charge is 0.261 e. The van der Waals surface area contributed by atoms with Crippen LogP contribution in [-0.4, -0.2) is 35.7 Å². The fourth-order valence-corrected chi connectivity index (χ4v) is 5.24. The van der Waals surface area contributed by atoms with Gasteiger partial charge in [-0.2, -0.15) is 0 Å². The number of aromatic nitrogens is 1. The van der Waals surface area contributed by atoms with Gasteiger partial charge in [0.15, 0.2) is 11.5 Å². The maximum absolute atomic E-state index is 12.9. The molecule has 5 rings (SSSR count).